The van der Waals surface area contributed by atoms with Gasteiger partial charge in [0.1, 0.15) is 5.82 Å². The van der Waals surface area contributed by atoms with Crippen molar-refractivity contribution in [3.05, 3.63) is 106 Å². The summed E-state index contributed by atoms with van der Waals surface area (Å²) >= 11 is 0. The van der Waals surface area contributed by atoms with Crippen molar-refractivity contribution in [2.75, 3.05) is 6.54 Å². The van der Waals surface area contributed by atoms with Crippen LogP contribution in [0.5, 0.6) is 0 Å². The Bertz CT molecular complexity index is 1360. The van der Waals surface area contributed by atoms with E-state index in [4.69, 9.17) is 4.98 Å². The number of fused-ring (bicyclic) bond motifs is 1. The van der Waals surface area contributed by atoms with Gasteiger partial charge in [-0.15, -0.1) is 0 Å². The molecule has 4 aromatic rings. The van der Waals surface area contributed by atoms with Gasteiger partial charge in [-0.1, -0.05) is 70.2 Å². The van der Waals surface area contributed by atoms with Gasteiger partial charge in [0.25, 0.3) is 11.5 Å². The molecule has 35 heavy (non-hydrogen) atoms. The van der Waals surface area contributed by atoms with Crippen molar-refractivity contribution in [2.45, 2.75) is 46.6 Å². The molecule has 0 N–H and O–H groups in total. The van der Waals surface area contributed by atoms with Crippen LogP contribution < -0.4 is 5.56 Å². The van der Waals surface area contributed by atoms with Gasteiger partial charge in [0.2, 0.25) is 0 Å². The maximum atomic E-state index is 13.9. The lowest BCUT2D eigenvalue weighted by Gasteiger charge is -2.33. The number of amides is 1. The largest absolute Gasteiger partial charge is 0.328 e. The molecule has 1 heterocycles. The first-order valence-electron chi connectivity index (χ1n) is 12.4. The molecule has 0 saturated carbocycles. The highest BCUT2D eigenvalue weighted by atomic mass is 16.2. The van der Waals surface area contributed by atoms with Crippen molar-refractivity contribution in [1.29, 1.82) is 0 Å². The monoisotopic (exact) mass is 467 g/mol. The van der Waals surface area contributed by atoms with Crippen LogP contribution in [-0.4, -0.2) is 26.9 Å². The minimum absolute atomic E-state index is 0.0461. The molecule has 0 bridgehead atoms. The molecule has 0 radical (unpaired) electrons. The zero-order valence-electron chi connectivity index (χ0n) is 20.9. The maximum absolute atomic E-state index is 13.9. The molecule has 5 nitrogen and oxygen atoms in total. The van der Waals surface area contributed by atoms with Gasteiger partial charge >= 0.3 is 0 Å². The number of benzene rings is 3. The van der Waals surface area contributed by atoms with Gasteiger partial charge in [0.15, 0.2) is 0 Å². The minimum atomic E-state index is -0.367. The Balaban J connectivity index is 1.91. The first kappa shape index (κ1) is 24.4. The van der Waals surface area contributed by atoms with Gasteiger partial charge in [-0.25, -0.2) is 4.98 Å². The average molecular weight is 468 g/mol. The van der Waals surface area contributed by atoms with Crippen molar-refractivity contribution in [2.24, 2.45) is 5.92 Å². The van der Waals surface area contributed by atoms with Gasteiger partial charge in [0, 0.05) is 12.1 Å². The van der Waals surface area contributed by atoms with Gasteiger partial charge in [-0.3, -0.25) is 14.2 Å². The Morgan fingerprint density at radius 1 is 0.914 bits per heavy atom. The van der Waals surface area contributed by atoms with Gasteiger partial charge in [-0.05, 0) is 60.7 Å². The van der Waals surface area contributed by atoms with E-state index in [1.54, 1.807) is 10.6 Å². The predicted molar refractivity (Wildman–Crippen MR) is 142 cm³/mol. The molecule has 0 aliphatic rings. The van der Waals surface area contributed by atoms with E-state index in [9.17, 15) is 9.59 Å². The van der Waals surface area contributed by atoms with Crippen molar-refractivity contribution in [1.82, 2.24) is 14.5 Å². The zero-order chi connectivity index (χ0) is 24.9. The summed E-state index contributed by atoms with van der Waals surface area (Å²) in [5.74, 6) is 0.789. The fourth-order valence-electron chi connectivity index (χ4n) is 4.54. The molecule has 180 valence electrons. The van der Waals surface area contributed by atoms with E-state index in [2.05, 4.69) is 20.8 Å². The molecule has 1 unspecified atom stereocenters. The van der Waals surface area contributed by atoms with E-state index in [1.165, 1.54) is 5.56 Å². The van der Waals surface area contributed by atoms with E-state index >= 15 is 0 Å². The third kappa shape index (κ3) is 5.04. The van der Waals surface area contributed by atoms with Crippen molar-refractivity contribution in [3.8, 4) is 5.69 Å². The number of hydrogen-bond acceptors (Lipinski definition) is 3. The summed E-state index contributed by atoms with van der Waals surface area (Å²) in [6.07, 6.45) is 1.55. The smallest absolute Gasteiger partial charge is 0.266 e. The fourth-order valence-corrected chi connectivity index (χ4v) is 4.54. The number of aryl methyl sites for hydroxylation is 1. The zero-order valence-corrected chi connectivity index (χ0v) is 20.9. The fraction of sp³-hybridized carbons (Fsp3) is 0.300. The van der Waals surface area contributed by atoms with E-state index in [0.29, 0.717) is 35.3 Å². The molecule has 1 atom stereocenters. The highest BCUT2D eigenvalue weighted by molar-refractivity contribution is 5.94. The maximum Gasteiger partial charge on any atom is 0.266 e. The Labute approximate surface area is 207 Å². The van der Waals surface area contributed by atoms with Crippen LogP contribution in [0.2, 0.25) is 0 Å². The Kier molecular flexibility index (Phi) is 7.45. The van der Waals surface area contributed by atoms with Gasteiger partial charge in [-0.2, -0.15) is 0 Å². The number of nitrogens with zero attached hydrogens (tertiary/aromatic N) is 3. The summed E-state index contributed by atoms with van der Waals surface area (Å²) in [6.45, 7) is 8.91. The van der Waals surface area contributed by atoms with Crippen LogP contribution >= 0.6 is 0 Å². The molecule has 0 saturated heterocycles. The molecule has 3 aromatic carbocycles. The van der Waals surface area contributed by atoms with Crippen LogP contribution in [0.25, 0.3) is 16.6 Å². The first-order valence-corrected chi connectivity index (χ1v) is 12.4. The topological polar surface area (TPSA) is 55.2 Å². The van der Waals surface area contributed by atoms with Crippen LogP contribution in [0.4, 0.5) is 0 Å². The molecule has 1 aromatic heterocycles. The molecule has 4 rings (SSSR count). The molecule has 1 amide bonds. The van der Waals surface area contributed by atoms with E-state index in [-0.39, 0.29) is 23.4 Å². The highest BCUT2D eigenvalue weighted by Gasteiger charge is 2.30. The normalized spacial score (nSPS) is 12.1. The highest BCUT2D eigenvalue weighted by Crippen LogP contribution is 2.28. The van der Waals surface area contributed by atoms with Crippen LogP contribution in [0.1, 0.15) is 61.9 Å². The molecule has 0 fully saturated rings. The van der Waals surface area contributed by atoms with Crippen LogP contribution in [-0.2, 0) is 6.42 Å². The number of rotatable bonds is 8. The average Bonchev–Trinajstić information content (AvgIpc) is 2.88. The molecular weight excluding hydrogens is 434 g/mol. The predicted octanol–water partition coefficient (Wildman–Crippen LogP) is 6.20. The number of carbonyl (C=O) groups is 1. The standard InChI is InChI=1S/C30H33N3O2/c1-5-22-16-18-23(19-17-22)29(34)32(20-21(3)4)27(6-2)28-31-26-15-11-10-14-25(26)30(35)33(28)24-12-8-7-9-13-24/h7-19,21,27H,5-6,20H2,1-4H3. The second-order valence-electron chi connectivity index (χ2n) is 9.29. The minimum Gasteiger partial charge on any atom is -0.328 e. The third-order valence-corrected chi connectivity index (χ3v) is 6.31. The number of para-hydroxylation sites is 2. The summed E-state index contributed by atoms with van der Waals surface area (Å²) in [7, 11) is 0. The summed E-state index contributed by atoms with van der Waals surface area (Å²) in [6, 6.07) is 24.4. The van der Waals surface area contributed by atoms with Crippen molar-refractivity contribution < 1.29 is 4.79 Å². The summed E-state index contributed by atoms with van der Waals surface area (Å²) in [4.78, 5) is 34.5. The van der Waals surface area contributed by atoms with Gasteiger partial charge < -0.3 is 4.90 Å². The van der Waals surface area contributed by atoms with Crippen LogP contribution in [0.3, 0.4) is 0 Å². The number of hydrogen-bond donors (Lipinski definition) is 0. The van der Waals surface area contributed by atoms with E-state index in [1.807, 2.05) is 84.6 Å². The van der Waals surface area contributed by atoms with Crippen LogP contribution in [0, 0.1) is 5.92 Å². The van der Waals surface area contributed by atoms with Crippen LogP contribution in [0.15, 0.2) is 83.7 Å². The summed E-state index contributed by atoms with van der Waals surface area (Å²) < 4.78 is 1.68. The lowest BCUT2D eigenvalue weighted by Crippen LogP contribution is -2.40. The molecule has 5 heteroatoms. The quantitative estimate of drug-likeness (QED) is 0.310. The van der Waals surface area contributed by atoms with E-state index in [0.717, 1.165) is 12.1 Å². The summed E-state index contributed by atoms with van der Waals surface area (Å²) in [5.41, 5.74) is 3.10. The Morgan fingerprint density at radius 3 is 2.20 bits per heavy atom. The second-order valence-corrected chi connectivity index (χ2v) is 9.29. The second kappa shape index (κ2) is 10.7. The lowest BCUT2D eigenvalue weighted by molar-refractivity contribution is 0.0631. The molecular formula is C30H33N3O2. The summed E-state index contributed by atoms with van der Waals surface area (Å²) in [5, 5.41) is 0.562. The van der Waals surface area contributed by atoms with Crippen molar-refractivity contribution >= 4 is 16.8 Å². The number of carbonyl (C=O) groups excluding carboxylic acids is 1. The third-order valence-electron chi connectivity index (χ3n) is 6.31. The van der Waals surface area contributed by atoms with Crippen molar-refractivity contribution in [3.63, 3.8) is 0 Å². The molecule has 0 spiro atoms. The van der Waals surface area contributed by atoms with E-state index < -0.39 is 0 Å². The molecule has 0 aliphatic carbocycles. The molecule has 0 aliphatic heterocycles. The van der Waals surface area contributed by atoms with Gasteiger partial charge in [0.05, 0.1) is 22.6 Å². The number of aromatic nitrogens is 2. The SMILES string of the molecule is CCc1ccc(C(=O)N(CC(C)C)C(CC)c2nc3ccccc3c(=O)n2-c2ccccc2)cc1. The Hall–Kier alpha value is -3.73. The first-order chi connectivity index (χ1) is 16.9. The lowest BCUT2D eigenvalue weighted by atomic mass is 10.0. The Morgan fingerprint density at radius 2 is 1.57 bits per heavy atom.